The molecule has 0 saturated carbocycles. The summed E-state index contributed by atoms with van der Waals surface area (Å²) >= 11 is 4.60. The normalized spacial score (nSPS) is 12.8. The number of carbonyl (C=O) groups is 1. The lowest BCUT2D eigenvalue weighted by Gasteiger charge is -2.14. The molecule has 5 nitrogen and oxygen atoms in total. The zero-order valence-electron chi connectivity index (χ0n) is 10.6. The summed E-state index contributed by atoms with van der Waals surface area (Å²) in [6.07, 6.45) is 2.67. The van der Waals surface area contributed by atoms with E-state index >= 15 is 0 Å². The summed E-state index contributed by atoms with van der Waals surface area (Å²) in [7, 11) is 0. The first-order valence-corrected chi connectivity index (χ1v) is 7.68. The summed E-state index contributed by atoms with van der Waals surface area (Å²) in [6.45, 7) is 4.16. The van der Waals surface area contributed by atoms with E-state index in [0.717, 1.165) is 22.1 Å². The van der Waals surface area contributed by atoms with Crippen molar-refractivity contribution >= 4 is 44.8 Å². The molecule has 1 N–H and O–H groups in total. The third kappa shape index (κ3) is 3.09. The van der Waals surface area contributed by atoms with E-state index in [4.69, 9.17) is 5.11 Å². The summed E-state index contributed by atoms with van der Waals surface area (Å²) in [5.74, 6) is -0.845. The summed E-state index contributed by atoms with van der Waals surface area (Å²) < 4.78 is 2.87. The molecule has 0 aliphatic heterocycles. The fraction of sp³-hybridized carbons (Fsp3) is 0.417. The number of carboxylic acid groups (broad SMARTS) is 1. The van der Waals surface area contributed by atoms with Gasteiger partial charge >= 0.3 is 5.97 Å². The Morgan fingerprint density at radius 3 is 3.00 bits per heavy atom. The molecular weight excluding hydrogens is 330 g/mol. The van der Waals surface area contributed by atoms with Crippen LogP contribution in [0, 0.1) is 0 Å². The van der Waals surface area contributed by atoms with Crippen LogP contribution in [0.2, 0.25) is 0 Å². The second-order valence-corrected chi connectivity index (χ2v) is 6.06. The average Bonchev–Trinajstić information content (AvgIpc) is 2.72. The molecule has 1 unspecified atom stereocenters. The molecule has 102 valence electrons. The van der Waals surface area contributed by atoms with Crippen molar-refractivity contribution in [3.63, 3.8) is 0 Å². The van der Waals surface area contributed by atoms with E-state index in [1.165, 1.54) is 11.8 Å². The van der Waals surface area contributed by atoms with Gasteiger partial charge in [0.15, 0.2) is 10.8 Å². The Kier molecular flexibility index (Phi) is 4.46. The van der Waals surface area contributed by atoms with E-state index in [1.54, 1.807) is 6.20 Å². The highest BCUT2D eigenvalue weighted by atomic mass is 79.9. The van der Waals surface area contributed by atoms with Crippen LogP contribution in [-0.2, 0) is 4.79 Å². The van der Waals surface area contributed by atoms with Gasteiger partial charge in [-0.2, -0.15) is 0 Å². The molecule has 1 atom stereocenters. The third-order valence-electron chi connectivity index (χ3n) is 2.82. The maximum Gasteiger partial charge on any atom is 0.313 e. The predicted molar refractivity (Wildman–Crippen MR) is 78.6 cm³/mol. The van der Waals surface area contributed by atoms with Crippen LogP contribution in [0.5, 0.6) is 0 Å². The van der Waals surface area contributed by atoms with Crippen molar-refractivity contribution in [1.82, 2.24) is 14.5 Å². The minimum Gasteiger partial charge on any atom is -0.481 e. The van der Waals surface area contributed by atoms with E-state index in [0.29, 0.717) is 5.16 Å². The van der Waals surface area contributed by atoms with E-state index in [2.05, 4.69) is 39.7 Å². The first-order chi connectivity index (χ1) is 9.02. The van der Waals surface area contributed by atoms with Gasteiger partial charge in [-0.25, -0.2) is 9.97 Å². The van der Waals surface area contributed by atoms with Gasteiger partial charge < -0.3 is 9.67 Å². The number of hydrogen-bond acceptors (Lipinski definition) is 4. The van der Waals surface area contributed by atoms with Crippen LogP contribution in [0.4, 0.5) is 0 Å². The number of rotatable bonds is 5. The van der Waals surface area contributed by atoms with Crippen LogP contribution < -0.4 is 0 Å². The Hall–Kier alpha value is -1.08. The molecule has 0 aliphatic rings. The predicted octanol–water partition coefficient (Wildman–Crippen LogP) is 3.34. The van der Waals surface area contributed by atoms with Crippen LogP contribution in [-0.4, -0.2) is 31.4 Å². The lowest BCUT2D eigenvalue weighted by atomic mass is 10.2. The van der Waals surface area contributed by atoms with Crippen LogP contribution >= 0.6 is 27.7 Å². The molecule has 0 radical (unpaired) electrons. The first-order valence-electron chi connectivity index (χ1n) is 5.91. The number of imidazole rings is 1. The molecule has 2 rings (SSSR count). The Bertz CT molecular complexity index is 614. The summed E-state index contributed by atoms with van der Waals surface area (Å²) in [6, 6.07) is 2.13. The molecule has 0 aromatic carbocycles. The zero-order chi connectivity index (χ0) is 14.0. The van der Waals surface area contributed by atoms with Gasteiger partial charge in [0.25, 0.3) is 0 Å². The summed E-state index contributed by atoms with van der Waals surface area (Å²) in [5.41, 5.74) is 1.58. The van der Waals surface area contributed by atoms with Crippen molar-refractivity contribution in [2.45, 2.75) is 31.5 Å². The molecule has 0 fully saturated rings. The van der Waals surface area contributed by atoms with E-state index < -0.39 is 5.97 Å². The molecule has 2 aromatic heterocycles. The first kappa shape index (κ1) is 14.3. The minimum atomic E-state index is -0.845. The smallest absolute Gasteiger partial charge is 0.313 e. The largest absolute Gasteiger partial charge is 0.481 e. The topological polar surface area (TPSA) is 68.0 Å². The summed E-state index contributed by atoms with van der Waals surface area (Å²) in [5, 5.41) is 9.51. The van der Waals surface area contributed by atoms with Crippen molar-refractivity contribution in [3.8, 4) is 0 Å². The maximum atomic E-state index is 10.7. The summed E-state index contributed by atoms with van der Waals surface area (Å²) in [4.78, 5) is 19.6. The van der Waals surface area contributed by atoms with Gasteiger partial charge in [0, 0.05) is 16.7 Å². The second-order valence-electron chi connectivity index (χ2n) is 4.20. The maximum absolute atomic E-state index is 10.7. The van der Waals surface area contributed by atoms with Gasteiger partial charge in [-0.05, 0) is 35.3 Å². The van der Waals surface area contributed by atoms with Crippen LogP contribution in [0.3, 0.4) is 0 Å². The Morgan fingerprint density at radius 2 is 2.37 bits per heavy atom. The Balaban J connectivity index is 2.50. The fourth-order valence-electron chi connectivity index (χ4n) is 1.74. The van der Waals surface area contributed by atoms with Crippen molar-refractivity contribution < 1.29 is 9.90 Å². The standard InChI is InChI=1S/C12H14BrN3O2S/c1-3-7(2)16-11-9(4-8(13)5-14-11)15-12(16)19-6-10(17)18/h4-5,7H,3,6H2,1-2H3,(H,17,18). The molecule has 0 saturated heterocycles. The van der Waals surface area contributed by atoms with E-state index in [1.807, 2.05) is 10.6 Å². The molecule has 0 spiro atoms. The Labute approximate surface area is 123 Å². The van der Waals surface area contributed by atoms with Crippen molar-refractivity contribution in [3.05, 3.63) is 16.7 Å². The second kappa shape index (κ2) is 5.92. The zero-order valence-corrected chi connectivity index (χ0v) is 13.0. The number of aliphatic carboxylic acids is 1. The lowest BCUT2D eigenvalue weighted by Crippen LogP contribution is -2.07. The highest BCUT2D eigenvalue weighted by Gasteiger charge is 2.17. The van der Waals surface area contributed by atoms with Crippen LogP contribution in [0.25, 0.3) is 11.2 Å². The quantitative estimate of drug-likeness (QED) is 0.843. The Morgan fingerprint density at radius 1 is 1.63 bits per heavy atom. The third-order valence-corrected chi connectivity index (χ3v) is 4.19. The molecule has 19 heavy (non-hydrogen) atoms. The van der Waals surface area contributed by atoms with E-state index in [9.17, 15) is 4.79 Å². The highest BCUT2D eigenvalue weighted by Crippen LogP contribution is 2.29. The van der Waals surface area contributed by atoms with Crippen LogP contribution in [0.15, 0.2) is 21.9 Å². The molecule has 2 aromatic rings. The molecule has 7 heteroatoms. The van der Waals surface area contributed by atoms with Gasteiger partial charge in [0.2, 0.25) is 0 Å². The van der Waals surface area contributed by atoms with Gasteiger partial charge in [-0.3, -0.25) is 4.79 Å². The number of aromatic nitrogens is 3. The van der Waals surface area contributed by atoms with Crippen LogP contribution in [0.1, 0.15) is 26.3 Å². The number of carboxylic acids is 1. The average molecular weight is 344 g/mol. The molecule has 0 amide bonds. The minimum absolute atomic E-state index is 0.000918. The monoisotopic (exact) mass is 343 g/mol. The molecule has 0 aliphatic carbocycles. The van der Waals surface area contributed by atoms with Crippen molar-refractivity contribution in [2.24, 2.45) is 0 Å². The number of nitrogens with zero attached hydrogens (tertiary/aromatic N) is 3. The number of fused-ring (bicyclic) bond motifs is 1. The SMILES string of the molecule is CCC(C)n1c(SCC(=O)O)nc2cc(Br)cnc21. The number of pyridine rings is 1. The molecular formula is C12H14BrN3O2S. The van der Waals surface area contributed by atoms with Crippen molar-refractivity contribution in [1.29, 1.82) is 0 Å². The number of halogens is 1. The highest BCUT2D eigenvalue weighted by molar-refractivity contribution is 9.10. The van der Waals surface area contributed by atoms with Crippen molar-refractivity contribution in [2.75, 3.05) is 5.75 Å². The van der Waals surface area contributed by atoms with Gasteiger partial charge in [0.05, 0.1) is 5.75 Å². The number of thioether (sulfide) groups is 1. The van der Waals surface area contributed by atoms with E-state index in [-0.39, 0.29) is 11.8 Å². The molecule has 0 bridgehead atoms. The number of hydrogen-bond donors (Lipinski definition) is 1. The van der Waals surface area contributed by atoms with Gasteiger partial charge in [-0.1, -0.05) is 18.7 Å². The van der Waals surface area contributed by atoms with Gasteiger partial charge in [-0.15, -0.1) is 0 Å². The van der Waals surface area contributed by atoms with Gasteiger partial charge in [0.1, 0.15) is 5.52 Å². The lowest BCUT2D eigenvalue weighted by molar-refractivity contribution is -0.133. The fourth-order valence-corrected chi connectivity index (χ4v) is 2.88. The molecule has 2 heterocycles.